The lowest BCUT2D eigenvalue weighted by Gasteiger charge is -2.08. The molecule has 3 nitrogen and oxygen atoms in total. The first-order valence-corrected chi connectivity index (χ1v) is 5.34. The smallest absolute Gasteiger partial charge is 0.433 e. The summed E-state index contributed by atoms with van der Waals surface area (Å²) >= 11 is 0. The van der Waals surface area contributed by atoms with Crippen LogP contribution in [0.3, 0.4) is 0 Å². The van der Waals surface area contributed by atoms with Gasteiger partial charge in [0, 0.05) is 6.20 Å². The summed E-state index contributed by atoms with van der Waals surface area (Å²) < 4.78 is 42.4. The predicted molar refractivity (Wildman–Crippen MR) is 63.7 cm³/mol. The molecule has 1 aliphatic rings. The molecule has 0 spiro atoms. The topological polar surface area (TPSA) is 34.5 Å². The van der Waals surface area contributed by atoms with Crippen molar-refractivity contribution in [3.63, 3.8) is 0 Å². The molecule has 2 rings (SSSR count). The van der Waals surface area contributed by atoms with E-state index in [1.807, 2.05) is 0 Å². The van der Waals surface area contributed by atoms with E-state index in [4.69, 9.17) is 4.74 Å². The van der Waals surface area contributed by atoms with Gasteiger partial charge in [0.15, 0.2) is 5.76 Å². The second-order valence-corrected chi connectivity index (χ2v) is 3.68. The summed E-state index contributed by atoms with van der Waals surface area (Å²) in [7, 11) is 0. The number of nitrogens with zero attached hydrogens (tertiary/aromatic N) is 2. The molecule has 0 atom stereocenters. The van der Waals surface area contributed by atoms with Gasteiger partial charge in [-0.1, -0.05) is 5.73 Å². The number of aromatic nitrogens is 1. The lowest BCUT2D eigenvalue weighted by molar-refractivity contribution is -0.141. The van der Waals surface area contributed by atoms with E-state index in [0.29, 0.717) is 11.5 Å². The van der Waals surface area contributed by atoms with Crippen molar-refractivity contribution < 1.29 is 17.9 Å². The van der Waals surface area contributed by atoms with Gasteiger partial charge in [-0.3, -0.25) is 4.99 Å². The minimum absolute atomic E-state index is 0.195. The van der Waals surface area contributed by atoms with Crippen molar-refractivity contribution in [2.45, 2.75) is 13.1 Å². The Bertz CT molecular complexity index is 591. The molecule has 0 unspecified atom stereocenters. The van der Waals surface area contributed by atoms with Gasteiger partial charge in [-0.05, 0) is 31.2 Å². The van der Waals surface area contributed by atoms with Crippen LogP contribution in [0.5, 0.6) is 5.75 Å². The van der Waals surface area contributed by atoms with Gasteiger partial charge in [-0.15, -0.1) is 0 Å². The molecular formula is C13H9F3N2O. The van der Waals surface area contributed by atoms with Crippen LogP contribution in [0, 0.1) is 0 Å². The van der Waals surface area contributed by atoms with Crippen LogP contribution >= 0.6 is 0 Å². The summed E-state index contributed by atoms with van der Waals surface area (Å²) in [5.74, 6) is 0.534. The molecular weight excluding hydrogens is 257 g/mol. The lowest BCUT2D eigenvalue weighted by Crippen LogP contribution is -2.08. The van der Waals surface area contributed by atoms with Gasteiger partial charge in [0.05, 0.1) is 11.9 Å². The third kappa shape index (κ3) is 3.33. The minimum Gasteiger partial charge on any atom is -0.445 e. The number of halogens is 3. The molecule has 98 valence electrons. The van der Waals surface area contributed by atoms with E-state index in [-0.39, 0.29) is 5.75 Å². The summed E-state index contributed by atoms with van der Waals surface area (Å²) in [6, 6.07) is 2.07. The van der Waals surface area contributed by atoms with Gasteiger partial charge in [0.25, 0.3) is 0 Å². The molecule has 0 aliphatic carbocycles. The summed E-state index contributed by atoms with van der Waals surface area (Å²) in [5.41, 5.74) is 2.44. The maximum absolute atomic E-state index is 12.3. The summed E-state index contributed by atoms with van der Waals surface area (Å²) in [4.78, 5) is 7.35. The first-order valence-electron chi connectivity index (χ1n) is 5.34. The Morgan fingerprint density at radius 3 is 2.68 bits per heavy atom. The van der Waals surface area contributed by atoms with Gasteiger partial charge in [-0.2, -0.15) is 13.2 Å². The number of hydrogen-bond acceptors (Lipinski definition) is 3. The standard InChI is InChI=1S/C13H9F3N2O/c1-9-11(4-2-3-7-17-9)19-10-5-6-12(18-8-10)13(14,15)16/h2-3,5-8H,1H3. The van der Waals surface area contributed by atoms with Gasteiger partial charge in [-0.25, -0.2) is 4.98 Å². The highest BCUT2D eigenvalue weighted by molar-refractivity contribution is 5.97. The Morgan fingerprint density at radius 1 is 1.26 bits per heavy atom. The number of ether oxygens (including phenoxy) is 1. The fraction of sp³-hybridized carbons (Fsp3) is 0.154. The first-order chi connectivity index (χ1) is 8.97. The number of aliphatic imine (C=N–C) groups is 1. The Labute approximate surface area is 107 Å². The molecule has 19 heavy (non-hydrogen) atoms. The van der Waals surface area contributed by atoms with Crippen molar-refractivity contribution >= 4 is 5.71 Å². The molecule has 0 N–H and O–H groups in total. The number of alkyl halides is 3. The third-order valence-electron chi connectivity index (χ3n) is 2.24. The van der Waals surface area contributed by atoms with Gasteiger partial charge in [0.2, 0.25) is 0 Å². The first kappa shape index (κ1) is 13.1. The van der Waals surface area contributed by atoms with Crippen LogP contribution in [0.25, 0.3) is 0 Å². The molecule has 0 saturated heterocycles. The Morgan fingerprint density at radius 2 is 2.05 bits per heavy atom. The fourth-order valence-corrected chi connectivity index (χ4v) is 1.31. The van der Waals surface area contributed by atoms with Crippen LogP contribution in [0.2, 0.25) is 0 Å². The van der Waals surface area contributed by atoms with E-state index in [2.05, 4.69) is 15.7 Å². The normalized spacial score (nSPS) is 14.7. The van der Waals surface area contributed by atoms with Crippen LogP contribution in [-0.2, 0) is 6.18 Å². The summed E-state index contributed by atoms with van der Waals surface area (Å²) in [6.45, 7) is 1.71. The second-order valence-electron chi connectivity index (χ2n) is 3.68. The maximum atomic E-state index is 12.3. The van der Waals surface area contributed by atoms with E-state index in [9.17, 15) is 13.2 Å². The number of hydrogen-bond donors (Lipinski definition) is 0. The molecule has 1 aliphatic heterocycles. The van der Waals surface area contributed by atoms with Gasteiger partial charge >= 0.3 is 6.18 Å². The zero-order valence-electron chi connectivity index (χ0n) is 9.90. The molecule has 0 fully saturated rings. The van der Waals surface area contributed by atoms with Crippen molar-refractivity contribution in [1.29, 1.82) is 0 Å². The highest BCUT2D eigenvalue weighted by Crippen LogP contribution is 2.28. The van der Waals surface area contributed by atoms with Crippen LogP contribution in [0.15, 0.2) is 53.2 Å². The SMILES string of the molecule is CC1=NC=CC=C=C1Oc1ccc(C(F)(F)F)nc1. The van der Waals surface area contributed by atoms with E-state index in [1.165, 1.54) is 6.07 Å². The van der Waals surface area contributed by atoms with Gasteiger partial charge in [0.1, 0.15) is 11.4 Å². The van der Waals surface area contributed by atoms with E-state index >= 15 is 0 Å². The highest BCUT2D eigenvalue weighted by atomic mass is 19.4. The summed E-state index contributed by atoms with van der Waals surface area (Å²) in [6.07, 6.45) is 1.41. The molecule has 2 heterocycles. The van der Waals surface area contributed by atoms with Crippen molar-refractivity contribution in [2.75, 3.05) is 0 Å². The summed E-state index contributed by atoms with van der Waals surface area (Å²) in [5, 5.41) is 0. The predicted octanol–water partition coefficient (Wildman–Crippen LogP) is 3.51. The molecule has 0 saturated carbocycles. The van der Waals surface area contributed by atoms with Crippen LogP contribution < -0.4 is 4.74 Å². The molecule has 1 aromatic heterocycles. The monoisotopic (exact) mass is 266 g/mol. The van der Waals surface area contributed by atoms with Gasteiger partial charge < -0.3 is 4.74 Å². The number of rotatable bonds is 2. The van der Waals surface area contributed by atoms with Crippen LogP contribution in [0.4, 0.5) is 13.2 Å². The number of allylic oxidation sites excluding steroid dienone is 2. The molecule has 0 aromatic carbocycles. The molecule has 1 aromatic rings. The number of pyridine rings is 1. The van der Waals surface area contributed by atoms with Crippen LogP contribution in [0.1, 0.15) is 12.6 Å². The lowest BCUT2D eigenvalue weighted by atomic mass is 10.3. The zero-order chi connectivity index (χ0) is 13.9. The molecule has 6 heteroatoms. The largest absolute Gasteiger partial charge is 0.445 e. The quantitative estimate of drug-likeness (QED) is 0.768. The van der Waals surface area contributed by atoms with E-state index < -0.39 is 11.9 Å². The Kier molecular flexibility index (Phi) is 3.53. The zero-order valence-corrected chi connectivity index (χ0v) is 9.90. The average Bonchev–Trinajstić information content (AvgIpc) is 2.55. The second kappa shape index (κ2) is 5.12. The average molecular weight is 266 g/mol. The maximum Gasteiger partial charge on any atom is 0.433 e. The molecule has 0 amide bonds. The molecule has 0 bridgehead atoms. The van der Waals surface area contributed by atoms with Crippen molar-refractivity contribution in [1.82, 2.24) is 4.98 Å². The van der Waals surface area contributed by atoms with E-state index in [1.54, 1.807) is 25.3 Å². The highest BCUT2D eigenvalue weighted by Gasteiger charge is 2.32. The van der Waals surface area contributed by atoms with Crippen molar-refractivity contribution in [3.8, 4) is 5.75 Å². The van der Waals surface area contributed by atoms with Crippen molar-refractivity contribution in [3.05, 3.63) is 53.9 Å². The Balaban J connectivity index is 2.19. The molecule has 0 radical (unpaired) electrons. The Hall–Kier alpha value is -2.33. The fourth-order valence-electron chi connectivity index (χ4n) is 1.31. The third-order valence-corrected chi connectivity index (χ3v) is 2.24. The van der Waals surface area contributed by atoms with Crippen LogP contribution in [-0.4, -0.2) is 10.7 Å². The van der Waals surface area contributed by atoms with Crippen molar-refractivity contribution in [2.24, 2.45) is 4.99 Å². The minimum atomic E-state index is -4.46. The van der Waals surface area contributed by atoms with E-state index in [0.717, 1.165) is 12.3 Å².